The Hall–Kier alpha value is -2.35. The average Bonchev–Trinajstić information content (AvgIpc) is 2.94. The molecule has 0 saturated carbocycles. The van der Waals surface area contributed by atoms with Crippen molar-refractivity contribution in [1.82, 2.24) is 0 Å². The van der Waals surface area contributed by atoms with E-state index in [9.17, 15) is 4.79 Å². The number of carbonyl (C=O) groups excluding carboxylic acids is 1. The highest BCUT2D eigenvalue weighted by Gasteiger charge is 2.15. The number of fused-ring (bicyclic) bond motifs is 1. The summed E-state index contributed by atoms with van der Waals surface area (Å²) in [5.41, 5.74) is 3.44. The molecule has 2 aromatic carbocycles. The van der Waals surface area contributed by atoms with Crippen molar-refractivity contribution in [3.8, 4) is 6.07 Å². The zero-order valence-electron chi connectivity index (χ0n) is 11.0. The highest BCUT2D eigenvalue weighted by Crippen LogP contribution is 2.23. The zero-order valence-corrected chi connectivity index (χ0v) is 11.8. The lowest BCUT2D eigenvalue weighted by Gasteiger charge is -2.08. The lowest BCUT2D eigenvalue weighted by Crippen LogP contribution is -2.13. The van der Waals surface area contributed by atoms with Crippen molar-refractivity contribution in [2.45, 2.75) is 13.2 Å². The third kappa shape index (κ3) is 2.75. The Morgan fingerprint density at radius 3 is 2.81 bits per heavy atom. The van der Waals surface area contributed by atoms with E-state index in [1.807, 2.05) is 18.2 Å². The Labute approximate surface area is 126 Å². The minimum absolute atomic E-state index is 0.275. The van der Waals surface area contributed by atoms with Gasteiger partial charge in [0.1, 0.15) is 6.07 Å². The van der Waals surface area contributed by atoms with Gasteiger partial charge in [0.05, 0.1) is 24.5 Å². The second kappa shape index (κ2) is 5.57. The molecule has 3 rings (SSSR count). The second-order valence-electron chi connectivity index (χ2n) is 4.73. The monoisotopic (exact) mass is 298 g/mol. The molecule has 0 spiro atoms. The maximum absolute atomic E-state index is 12.3. The normalized spacial score (nSPS) is 12.6. The van der Waals surface area contributed by atoms with Crippen molar-refractivity contribution in [3.63, 3.8) is 0 Å². The van der Waals surface area contributed by atoms with E-state index in [1.54, 1.807) is 24.3 Å². The fourth-order valence-electron chi connectivity index (χ4n) is 2.23. The first kappa shape index (κ1) is 13.6. The summed E-state index contributed by atoms with van der Waals surface area (Å²) in [7, 11) is 0. The van der Waals surface area contributed by atoms with E-state index < -0.39 is 0 Å². The van der Waals surface area contributed by atoms with Crippen LogP contribution in [0.5, 0.6) is 0 Å². The fourth-order valence-corrected chi connectivity index (χ4v) is 2.40. The molecule has 4 nitrogen and oxygen atoms in total. The number of hydrogen-bond acceptors (Lipinski definition) is 3. The summed E-state index contributed by atoms with van der Waals surface area (Å²) in [6, 6.07) is 12.2. The molecule has 0 saturated heterocycles. The standard InChI is InChI=1S/C16H11ClN2O2/c17-14-4-3-11(7-18)15(6-14)19-16(20)10-1-2-12-8-21-9-13(12)5-10/h1-6H,8-9H2,(H,19,20). The maximum Gasteiger partial charge on any atom is 0.255 e. The molecule has 104 valence electrons. The number of benzene rings is 2. The number of halogens is 1. The first-order valence-corrected chi connectivity index (χ1v) is 6.76. The topological polar surface area (TPSA) is 62.1 Å². The predicted octanol–water partition coefficient (Wildman–Crippen LogP) is 3.49. The predicted molar refractivity (Wildman–Crippen MR) is 79.1 cm³/mol. The molecule has 0 aromatic heterocycles. The smallest absolute Gasteiger partial charge is 0.255 e. The van der Waals surface area contributed by atoms with Gasteiger partial charge in [-0.2, -0.15) is 5.26 Å². The van der Waals surface area contributed by atoms with Crippen LogP contribution < -0.4 is 5.32 Å². The molecule has 21 heavy (non-hydrogen) atoms. The van der Waals surface area contributed by atoms with Gasteiger partial charge < -0.3 is 10.1 Å². The zero-order chi connectivity index (χ0) is 14.8. The fraction of sp³-hybridized carbons (Fsp3) is 0.125. The number of nitriles is 1. The van der Waals surface area contributed by atoms with Crippen molar-refractivity contribution >= 4 is 23.2 Å². The number of anilines is 1. The third-order valence-corrected chi connectivity index (χ3v) is 3.57. The van der Waals surface area contributed by atoms with Gasteiger partial charge in [0.2, 0.25) is 0 Å². The molecule has 5 heteroatoms. The number of nitrogens with zero attached hydrogens (tertiary/aromatic N) is 1. The van der Waals surface area contributed by atoms with Gasteiger partial charge >= 0.3 is 0 Å². The number of nitrogens with one attached hydrogen (secondary N) is 1. The number of rotatable bonds is 2. The minimum Gasteiger partial charge on any atom is -0.372 e. The molecule has 1 aliphatic heterocycles. The van der Waals surface area contributed by atoms with Gasteiger partial charge in [0.25, 0.3) is 5.91 Å². The summed E-state index contributed by atoms with van der Waals surface area (Å²) < 4.78 is 5.33. The Morgan fingerprint density at radius 2 is 2.00 bits per heavy atom. The van der Waals surface area contributed by atoms with E-state index >= 15 is 0 Å². The first-order valence-electron chi connectivity index (χ1n) is 6.38. The molecule has 0 atom stereocenters. The van der Waals surface area contributed by atoms with Crippen LogP contribution in [0, 0.1) is 11.3 Å². The largest absolute Gasteiger partial charge is 0.372 e. The van der Waals surface area contributed by atoms with Gasteiger partial charge in [-0.25, -0.2) is 0 Å². The molecule has 0 fully saturated rings. The molecule has 0 aliphatic carbocycles. The lowest BCUT2D eigenvalue weighted by molar-refractivity contribution is 0.102. The summed E-state index contributed by atoms with van der Waals surface area (Å²) >= 11 is 5.90. The molecule has 0 unspecified atom stereocenters. The molecular formula is C16H11ClN2O2. The third-order valence-electron chi connectivity index (χ3n) is 3.33. The maximum atomic E-state index is 12.3. The highest BCUT2D eigenvalue weighted by atomic mass is 35.5. The van der Waals surface area contributed by atoms with Crippen LogP contribution in [0.1, 0.15) is 27.0 Å². The van der Waals surface area contributed by atoms with Crippen LogP contribution in [0.15, 0.2) is 36.4 Å². The molecular weight excluding hydrogens is 288 g/mol. The van der Waals surface area contributed by atoms with Crippen LogP contribution in [-0.2, 0) is 18.0 Å². The number of ether oxygens (including phenoxy) is 1. The van der Waals surface area contributed by atoms with E-state index in [1.165, 1.54) is 0 Å². The van der Waals surface area contributed by atoms with E-state index in [0.29, 0.717) is 35.1 Å². The Balaban J connectivity index is 1.87. The van der Waals surface area contributed by atoms with Gasteiger partial charge in [0.15, 0.2) is 0 Å². The highest BCUT2D eigenvalue weighted by molar-refractivity contribution is 6.31. The van der Waals surface area contributed by atoms with Crippen molar-refractivity contribution in [2.75, 3.05) is 5.32 Å². The van der Waals surface area contributed by atoms with Crippen LogP contribution in [0.4, 0.5) is 5.69 Å². The van der Waals surface area contributed by atoms with Gasteiger partial charge in [-0.3, -0.25) is 4.79 Å². The van der Waals surface area contributed by atoms with Crippen LogP contribution in [-0.4, -0.2) is 5.91 Å². The van der Waals surface area contributed by atoms with Crippen LogP contribution in [0.2, 0.25) is 5.02 Å². The van der Waals surface area contributed by atoms with E-state index in [-0.39, 0.29) is 5.91 Å². The van der Waals surface area contributed by atoms with Crippen molar-refractivity contribution < 1.29 is 9.53 Å². The number of hydrogen-bond donors (Lipinski definition) is 1. The van der Waals surface area contributed by atoms with Gasteiger partial charge in [-0.05, 0) is 41.5 Å². The van der Waals surface area contributed by atoms with Gasteiger partial charge in [-0.15, -0.1) is 0 Å². The Bertz CT molecular complexity index is 765. The molecule has 1 aliphatic rings. The van der Waals surface area contributed by atoms with Crippen LogP contribution >= 0.6 is 11.6 Å². The van der Waals surface area contributed by atoms with E-state index in [0.717, 1.165) is 11.1 Å². The summed E-state index contributed by atoms with van der Waals surface area (Å²) in [5.74, 6) is -0.275. The van der Waals surface area contributed by atoms with Crippen molar-refractivity contribution in [1.29, 1.82) is 5.26 Å². The lowest BCUT2D eigenvalue weighted by atomic mass is 10.1. The van der Waals surface area contributed by atoms with Crippen LogP contribution in [0.3, 0.4) is 0 Å². The van der Waals surface area contributed by atoms with Crippen molar-refractivity contribution in [3.05, 3.63) is 63.7 Å². The Kier molecular flexibility index (Phi) is 3.61. The molecule has 1 N–H and O–H groups in total. The van der Waals surface area contributed by atoms with E-state index in [4.69, 9.17) is 21.6 Å². The summed E-state index contributed by atoms with van der Waals surface area (Å²) in [6.45, 7) is 1.11. The summed E-state index contributed by atoms with van der Waals surface area (Å²) in [4.78, 5) is 12.3. The summed E-state index contributed by atoms with van der Waals surface area (Å²) in [5, 5.41) is 12.2. The van der Waals surface area contributed by atoms with Crippen LogP contribution in [0.25, 0.3) is 0 Å². The first-order chi connectivity index (χ1) is 10.2. The quantitative estimate of drug-likeness (QED) is 0.923. The summed E-state index contributed by atoms with van der Waals surface area (Å²) in [6.07, 6.45) is 0. The molecule has 0 radical (unpaired) electrons. The minimum atomic E-state index is -0.275. The van der Waals surface area contributed by atoms with Crippen molar-refractivity contribution in [2.24, 2.45) is 0 Å². The Morgan fingerprint density at radius 1 is 1.19 bits per heavy atom. The molecule has 2 aromatic rings. The molecule has 1 amide bonds. The number of amides is 1. The molecule has 0 bridgehead atoms. The average molecular weight is 299 g/mol. The van der Waals surface area contributed by atoms with Gasteiger partial charge in [-0.1, -0.05) is 17.7 Å². The number of carbonyl (C=O) groups is 1. The SMILES string of the molecule is N#Cc1ccc(Cl)cc1NC(=O)c1ccc2c(c1)COC2. The molecule has 1 heterocycles. The van der Waals surface area contributed by atoms with E-state index in [2.05, 4.69) is 5.32 Å². The second-order valence-corrected chi connectivity index (χ2v) is 5.17. The van der Waals surface area contributed by atoms with Gasteiger partial charge in [0, 0.05) is 10.6 Å².